The molecule has 1 aliphatic heterocycles. The van der Waals surface area contributed by atoms with Crippen molar-refractivity contribution < 1.29 is 14.7 Å². The van der Waals surface area contributed by atoms with Gasteiger partial charge in [-0.15, -0.1) is 4.98 Å². The summed E-state index contributed by atoms with van der Waals surface area (Å²) in [7, 11) is 2.99. The molecule has 0 radical (unpaired) electrons. The summed E-state index contributed by atoms with van der Waals surface area (Å²) in [6.45, 7) is 0.737. The van der Waals surface area contributed by atoms with Crippen LogP contribution in [0.3, 0.4) is 0 Å². The second-order valence-electron chi connectivity index (χ2n) is 4.47. The van der Waals surface area contributed by atoms with Gasteiger partial charge in [-0.3, -0.25) is 10.7 Å². The van der Waals surface area contributed by atoms with E-state index in [4.69, 9.17) is 14.7 Å². The minimum atomic E-state index is 0.207. The minimum Gasteiger partial charge on any atom is -0.467 e. The average Bonchev–Trinajstić information content (AvgIpc) is 2.97. The van der Waals surface area contributed by atoms with Crippen molar-refractivity contribution in [3.05, 3.63) is 23.8 Å². The van der Waals surface area contributed by atoms with E-state index >= 15 is 0 Å². The van der Waals surface area contributed by atoms with Gasteiger partial charge in [-0.1, -0.05) is 0 Å². The van der Waals surface area contributed by atoms with E-state index in [0.717, 1.165) is 24.2 Å². The molecule has 2 heterocycles. The highest BCUT2D eigenvalue weighted by atomic mass is 16.5. The molecule has 0 saturated heterocycles. The van der Waals surface area contributed by atoms with Crippen molar-refractivity contribution in [3.8, 4) is 12.0 Å². The maximum atomic E-state index is 8.96. The Kier molecular flexibility index (Phi) is 3.44. The molecule has 8 heteroatoms. The number of ether oxygens (including phenoxy) is 2. The Hall–Kier alpha value is -2.61. The van der Waals surface area contributed by atoms with Gasteiger partial charge in [-0.25, -0.2) is 0 Å². The number of hydrogen-bond donors (Lipinski definition) is 2. The van der Waals surface area contributed by atoms with Gasteiger partial charge in [0.2, 0.25) is 5.95 Å². The molecule has 0 atom stereocenters. The summed E-state index contributed by atoms with van der Waals surface area (Å²) in [4.78, 5) is 14.5. The lowest BCUT2D eigenvalue weighted by Gasteiger charge is -2.17. The van der Waals surface area contributed by atoms with Gasteiger partial charge in [0.15, 0.2) is 0 Å². The Bertz CT molecular complexity index is 642. The van der Waals surface area contributed by atoms with Crippen LogP contribution in [-0.2, 0) is 6.42 Å². The molecule has 1 aliphatic rings. The van der Waals surface area contributed by atoms with Crippen LogP contribution in [0.1, 0.15) is 5.56 Å². The van der Waals surface area contributed by atoms with E-state index in [0.29, 0.717) is 11.6 Å². The molecule has 110 valence electrons. The molecule has 0 amide bonds. The Morgan fingerprint density at radius 1 is 1.14 bits per heavy atom. The fourth-order valence-electron chi connectivity index (χ4n) is 2.31. The van der Waals surface area contributed by atoms with Gasteiger partial charge in [0.05, 0.1) is 19.9 Å². The largest absolute Gasteiger partial charge is 0.467 e. The number of rotatable bonds is 4. The Morgan fingerprint density at radius 3 is 2.48 bits per heavy atom. The first-order valence-corrected chi connectivity index (χ1v) is 6.40. The molecule has 0 fully saturated rings. The third kappa shape index (κ3) is 2.40. The first kappa shape index (κ1) is 13.4. The molecule has 0 spiro atoms. The molecule has 8 nitrogen and oxygen atoms in total. The van der Waals surface area contributed by atoms with Gasteiger partial charge in [-0.2, -0.15) is 9.97 Å². The van der Waals surface area contributed by atoms with E-state index in [-0.39, 0.29) is 12.0 Å². The monoisotopic (exact) mass is 289 g/mol. The molecule has 0 bridgehead atoms. The number of aromatic nitrogens is 3. The van der Waals surface area contributed by atoms with Crippen molar-refractivity contribution in [2.45, 2.75) is 6.42 Å². The maximum absolute atomic E-state index is 8.96. The number of benzene rings is 1. The number of hydrogen-bond acceptors (Lipinski definition) is 8. The first-order chi connectivity index (χ1) is 10.2. The minimum absolute atomic E-state index is 0.207. The van der Waals surface area contributed by atoms with Crippen LogP contribution in [0.5, 0.6) is 12.0 Å². The van der Waals surface area contributed by atoms with Crippen molar-refractivity contribution in [1.82, 2.24) is 15.0 Å². The first-order valence-electron chi connectivity index (χ1n) is 6.40. The highest BCUT2D eigenvalue weighted by Gasteiger charge is 2.24. The zero-order valence-electron chi connectivity index (χ0n) is 11.7. The van der Waals surface area contributed by atoms with Gasteiger partial charge in [-0.05, 0) is 30.2 Å². The predicted molar refractivity (Wildman–Crippen MR) is 75.5 cm³/mol. The summed E-state index contributed by atoms with van der Waals surface area (Å²) >= 11 is 0. The van der Waals surface area contributed by atoms with E-state index in [9.17, 15) is 0 Å². The van der Waals surface area contributed by atoms with Crippen molar-refractivity contribution in [1.29, 1.82) is 0 Å². The molecule has 0 aliphatic carbocycles. The highest BCUT2D eigenvalue weighted by molar-refractivity contribution is 5.69. The summed E-state index contributed by atoms with van der Waals surface area (Å²) in [6, 6.07) is 6.00. The lowest BCUT2D eigenvalue weighted by atomic mass is 10.1. The second kappa shape index (κ2) is 5.41. The Balaban J connectivity index is 2.00. The summed E-state index contributed by atoms with van der Waals surface area (Å²) < 4.78 is 10.1. The molecule has 1 aromatic heterocycles. The SMILES string of the molecule is COc1nc(OC)nc(N2CCc3cc(NO)ccc32)n1. The molecule has 0 unspecified atom stereocenters. The normalized spacial score (nSPS) is 13.0. The predicted octanol–water partition coefficient (Wildman–Crippen LogP) is 1.38. The quantitative estimate of drug-likeness (QED) is 0.816. The third-order valence-electron chi connectivity index (χ3n) is 3.29. The topological polar surface area (TPSA) is 92.6 Å². The van der Waals surface area contributed by atoms with Crippen LogP contribution in [-0.4, -0.2) is 40.9 Å². The summed E-state index contributed by atoms with van der Waals surface area (Å²) in [5.41, 5.74) is 4.90. The Morgan fingerprint density at radius 2 is 1.86 bits per heavy atom. The van der Waals surface area contributed by atoms with Gasteiger partial charge >= 0.3 is 12.0 Å². The van der Waals surface area contributed by atoms with Crippen LogP contribution in [0.2, 0.25) is 0 Å². The third-order valence-corrected chi connectivity index (χ3v) is 3.29. The molecular weight excluding hydrogens is 274 g/mol. The zero-order valence-corrected chi connectivity index (χ0v) is 11.7. The number of anilines is 3. The molecular formula is C13H15N5O3. The smallest absolute Gasteiger partial charge is 0.324 e. The number of fused-ring (bicyclic) bond motifs is 1. The van der Waals surface area contributed by atoms with Gasteiger partial charge < -0.3 is 14.4 Å². The summed E-state index contributed by atoms with van der Waals surface area (Å²) in [5.74, 6) is 0.474. The van der Waals surface area contributed by atoms with Crippen LogP contribution in [0.25, 0.3) is 0 Å². The number of methoxy groups -OCH3 is 2. The highest BCUT2D eigenvalue weighted by Crippen LogP contribution is 2.35. The van der Waals surface area contributed by atoms with Gasteiger partial charge in [0.25, 0.3) is 0 Å². The molecule has 1 aromatic carbocycles. The average molecular weight is 289 g/mol. The van der Waals surface area contributed by atoms with Crippen molar-refractivity contribution in [3.63, 3.8) is 0 Å². The van der Waals surface area contributed by atoms with Gasteiger partial charge in [0, 0.05) is 12.2 Å². The maximum Gasteiger partial charge on any atom is 0.324 e. The fraction of sp³-hybridized carbons (Fsp3) is 0.308. The van der Waals surface area contributed by atoms with E-state index in [1.165, 1.54) is 14.2 Å². The molecule has 3 rings (SSSR count). The standard InChI is InChI=1S/C13H15N5O3/c1-20-12-14-11(15-13(16-12)21-2)18-6-5-8-7-9(17-19)3-4-10(8)18/h3-4,7,17,19H,5-6H2,1-2H3. The lowest BCUT2D eigenvalue weighted by molar-refractivity contribution is 0.340. The summed E-state index contributed by atoms with van der Waals surface area (Å²) in [5, 5.41) is 8.96. The van der Waals surface area contributed by atoms with Crippen LogP contribution < -0.4 is 19.9 Å². The summed E-state index contributed by atoms with van der Waals surface area (Å²) in [6.07, 6.45) is 0.834. The zero-order chi connectivity index (χ0) is 14.8. The fourth-order valence-corrected chi connectivity index (χ4v) is 2.31. The van der Waals surface area contributed by atoms with E-state index in [1.54, 1.807) is 6.07 Å². The van der Waals surface area contributed by atoms with E-state index in [1.807, 2.05) is 17.0 Å². The Labute approximate surface area is 121 Å². The van der Waals surface area contributed by atoms with Crippen LogP contribution in [0.4, 0.5) is 17.3 Å². The second-order valence-corrected chi connectivity index (χ2v) is 4.47. The molecule has 2 aromatic rings. The van der Waals surface area contributed by atoms with Crippen LogP contribution >= 0.6 is 0 Å². The lowest BCUT2D eigenvalue weighted by Crippen LogP contribution is -2.17. The molecule has 2 N–H and O–H groups in total. The van der Waals surface area contributed by atoms with Crippen molar-refractivity contribution in [2.24, 2.45) is 0 Å². The molecule has 21 heavy (non-hydrogen) atoms. The van der Waals surface area contributed by atoms with Crippen molar-refractivity contribution in [2.75, 3.05) is 31.1 Å². The van der Waals surface area contributed by atoms with Crippen LogP contribution in [0, 0.1) is 0 Å². The van der Waals surface area contributed by atoms with Crippen LogP contribution in [0.15, 0.2) is 18.2 Å². The number of nitrogens with one attached hydrogen (secondary N) is 1. The number of nitrogens with zero attached hydrogens (tertiary/aromatic N) is 4. The van der Waals surface area contributed by atoms with E-state index in [2.05, 4.69) is 20.4 Å². The van der Waals surface area contributed by atoms with E-state index < -0.39 is 0 Å². The van der Waals surface area contributed by atoms with Gasteiger partial charge in [0.1, 0.15) is 0 Å². The molecule has 0 saturated carbocycles. The van der Waals surface area contributed by atoms with Crippen molar-refractivity contribution >= 4 is 17.3 Å².